The Hall–Kier alpha value is 1.13. The van der Waals surface area contributed by atoms with Crippen LogP contribution in [0.15, 0.2) is 0 Å². The second-order valence-corrected chi connectivity index (χ2v) is 5.34. The van der Waals surface area contributed by atoms with E-state index >= 15 is 0 Å². The molecule has 1 aliphatic rings. The van der Waals surface area contributed by atoms with E-state index in [1.54, 1.807) is 0 Å². The third-order valence-electron chi connectivity index (χ3n) is 2.15. The molecule has 1 heterocycles. The predicted octanol–water partition coefficient (Wildman–Crippen LogP) is 2.43. The Morgan fingerprint density at radius 3 is 2.83 bits per heavy atom. The van der Waals surface area contributed by atoms with Crippen LogP contribution in [0, 0.1) is 0 Å². The molecule has 3 atom stereocenters. The van der Waals surface area contributed by atoms with Crippen molar-refractivity contribution in [3.63, 3.8) is 0 Å². The molecule has 1 fully saturated rings. The quantitative estimate of drug-likeness (QED) is 0.626. The molecule has 0 bridgehead atoms. The molecule has 0 aliphatic carbocycles. The standard InChI is InChI=1S/C8H15BrINO/c9-5-1-2-6(11)7-3-4-8(10)12-7/h6-8H,1-5,11H2. The zero-order valence-electron chi connectivity index (χ0n) is 7.01. The molecule has 72 valence electrons. The molecule has 1 rings (SSSR count). The molecule has 0 aromatic rings. The van der Waals surface area contributed by atoms with Crippen molar-refractivity contribution in [1.29, 1.82) is 0 Å². The average Bonchev–Trinajstić information content (AvgIpc) is 2.47. The van der Waals surface area contributed by atoms with Gasteiger partial charge in [0.15, 0.2) is 0 Å². The van der Waals surface area contributed by atoms with E-state index in [-0.39, 0.29) is 6.04 Å². The van der Waals surface area contributed by atoms with Gasteiger partial charge in [0.1, 0.15) is 4.11 Å². The van der Waals surface area contributed by atoms with E-state index in [1.807, 2.05) is 0 Å². The summed E-state index contributed by atoms with van der Waals surface area (Å²) >= 11 is 5.73. The van der Waals surface area contributed by atoms with Crippen LogP contribution in [-0.2, 0) is 4.74 Å². The van der Waals surface area contributed by atoms with Crippen molar-refractivity contribution in [2.45, 2.75) is 41.9 Å². The fourth-order valence-corrected chi connectivity index (χ4v) is 2.50. The molecule has 0 amide bonds. The van der Waals surface area contributed by atoms with Crippen molar-refractivity contribution in [3.8, 4) is 0 Å². The van der Waals surface area contributed by atoms with Gasteiger partial charge in [0.2, 0.25) is 0 Å². The lowest BCUT2D eigenvalue weighted by Gasteiger charge is -2.18. The zero-order chi connectivity index (χ0) is 8.97. The van der Waals surface area contributed by atoms with E-state index in [9.17, 15) is 0 Å². The van der Waals surface area contributed by atoms with Crippen LogP contribution in [0.5, 0.6) is 0 Å². The van der Waals surface area contributed by atoms with Gasteiger partial charge < -0.3 is 10.5 Å². The van der Waals surface area contributed by atoms with E-state index in [1.165, 1.54) is 0 Å². The summed E-state index contributed by atoms with van der Waals surface area (Å²) in [4.78, 5) is 0. The first-order valence-electron chi connectivity index (χ1n) is 4.35. The molecule has 0 saturated carbocycles. The van der Waals surface area contributed by atoms with E-state index in [4.69, 9.17) is 10.5 Å². The van der Waals surface area contributed by atoms with Crippen molar-refractivity contribution in [1.82, 2.24) is 0 Å². The summed E-state index contributed by atoms with van der Waals surface area (Å²) in [5.74, 6) is 0. The van der Waals surface area contributed by atoms with Gasteiger partial charge in [-0.1, -0.05) is 38.5 Å². The second-order valence-electron chi connectivity index (χ2n) is 3.16. The monoisotopic (exact) mass is 347 g/mol. The molecule has 4 heteroatoms. The van der Waals surface area contributed by atoms with Gasteiger partial charge in [-0.25, -0.2) is 0 Å². The van der Waals surface area contributed by atoms with Crippen LogP contribution in [0.3, 0.4) is 0 Å². The number of halogens is 2. The maximum Gasteiger partial charge on any atom is 0.109 e. The first-order chi connectivity index (χ1) is 5.74. The van der Waals surface area contributed by atoms with Crippen molar-refractivity contribution in [3.05, 3.63) is 0 Å². The van der Waals surface area contributed by atoms with Crippen LogP contribution in [0.4, 0.5) is 0 Å². The minimum absolute atomic E-state index is 0.238. The lowest BCUT2D eigenvalue weighted by atomic mass is 10.0. The summed E-state index contributed by atoms with van der Waals surface area (Å²) in [6.45, 7) is 0. The number of hydrogen-bond acceptors (Lipinski definition) is 2. The molecule has 0 aromatic heterocycles. The molecule has 2 nitrogen and oxygen atoms in total. The molecular formula is C8H15BrINO. The lowest BCUT2D eigenvalue weighted by Crippen LogP contribution is -2.34. The van der Waals surface area contributed by atoms with Crippen LogP contribution >= 0.6 is 38.5 Å². The van der Waals surface area contributed by atoms with Gasteiger partial charge in [0, 0.05) is 11.4 Å². The minimum atomic E-state index is 0.238. The van der Waals surface area contributed by atoms with Gasteiger partial charge in [-0.2, -0.15) is 0 Å². The molecule has 12 heavy (non-hydrogen) atoms. The molecule has 2 N–H and O–H groups in total. The summed E-state index contributed by atoms with van der Waals surface area (Å²) in [5, 5.41) is 1.04. The highest BCUT2D eigenvalue weighted by Gasteiger charge is 2.27. The lowest BCUT2D eigenvalue weighted by molar-refractivity contribution is 0.0784. The van der Waals surface area contributed by atoms with E-state index in [0.29, 0.717) is 10.2 Å². The Balaban J connectivity index is 2.18. The summed E-state index contributed by atoms with van der Waals surface area (Å²) in [7, 11) is 0. The Morgan fingerprint density at radius 1 is 1.58 bits per heavy atom. The Kier molecular flexibility index (Phi) is 5.39. The second kappa shape index (κ2) is 5.78. The maximum atomic E-state index is 5.98. The van der Waals surface area contributed by atoms with E-state index < -0.39 is 0 Å². The van der Waals surface area contributed by atoms with Crippen LogP contribution < -0.4 is 5.73 Å². The Bertz CT molecular complexity index is 136. The van der Waals surface area contributed by atoms with Crippen LogP contribution in [0.1, 0.15) is 25.7 Å². The molecule has 1 aliphatic heterocycles. The smallest absolute Gasteiger partial charge is 0.109 e. The van der Waals surface area contributed by atoms with E-state index in [0.717, 1.165) is 31.0 Å². The zero-order valence-corrected chi connectivity index (χ0v) is 10.8. The highest BCUT2D eigenvalue weighted by molar-refractivity contribution is 14.1. The molecule has 3 unspecified atom stereocenters. The van der Waals surface area contributed by atoms with Gasteiger partial charge >= 0.3 is 0 Å². The highest BCUT2D eigenvalue weighted by Crippen LogP contribution is 2.26. The third-order valence-corrected chi connectivity index (χ3v) is 3.63. The van der Waals surface area contributed by atoms with Gasteiger partial charge in [-0.15, -0.1) is 0 Å². The van der Waals surface area contributed by atoms with E-state index in [2.05, 4.69) is 38.5 Å². The Labute approximate surface area is 95.9 Å². The number of ether oxygens (including phenoxy) is 1. The van der Waals surface area contributed by atoms with Crippen molar-refractivity contribution >= 4 is 38.5 Å². The predicted molar refractivity (Wildman–Crippen MR) is 62.9 cm³/mol. The van der Waals surface area contributed by atoms with Gasteiger partial charge in [-0.05, 0) is 25.7 Å². The van der Waals surface area contributed by atoms with Crippen LogP contribution in [-0.4, -0.2) is 21.6 Å². The van der Waals surface area contributed by atoms with Crippen molar-refractivity contribution in [2.24, 2.45) is 5.73 Å². The summed E-state index contributed by atoms with van der Waals surface area (Å²) < 4.78 is 6.06. The Morgan fingerprint density at radius 2 is 2.33 bits per heavy atom. The van der Waals surface area contributed by atoms with Crippen LogP contribution in [0.25, 0.3) is 0 Å². The molecule has 1 saturated heterocycles. The SMILES string of the molecule is NC(CCCBr)C1CCC(I)O1. The van der Waals surface area contributed by atoms with Gasteiger partial charge in [0.05, 0.1) is 6.10 Å². The largest absolute Gasteiger partial charge is 0.363 e. The fraction of sp³-hybridized carbons (Fsp3) is 1.00. The van der Waals surface area contributed by atoms with Gasteiger partial charge in [0.25, 0.3) is 0 Å². The van der Waals surface area contributed by atoms with Crippen molar-refractivity contribution < 1.29 is 4.74 Å². The summed E-state index contributed by atoms with van der Waals surface area (Å²) in [5.41, 5.74) is 5.98. The average molecular weight is 348 g/mol. The summed E-state index contributed by atoms with van der Waals surface area (Å²) in [6, 6.07) is 0.238. The number of rotatable bonds is 4. The molecule has 0 radical (unpaired) electrons. The molecule has 0 aromatic carbocycles. The topological polar surface area (TPSA) is 35.2 Å². The minimum Gasteiger partial charge on any atom is -0.363 e. The van der Waals surface area contributed by atoms with Crippen molar-refractivity contribution in [2.75, 3.05) is 5.33 Å². The fourth-order valence-electron chi connectivity index (χ4n) is 1.43. The number of nitrogens with two attached hydrogens (primary N) is 1. The highest BCUT2D eigenvalue weighted by atomic mass is 127. The maximum absolute atomic E-state index is 5.98. The normalized spacial score (nSPS) is 32.2. The van der Waals surface area contributed by atoms with Crippen LogP contribution in [0.2, 0.25) is 0 Å². The number of hydrogen-bond donors (Lipinski definition) is 1. The summed E-state index contributed by atoms with van der Waals surface area (Å²) in [6.07, 6.45) is 4.82. The molecule has 0 spiro atoms. The number of alkyl halides is 2. The van der Waals surface area contributed by atoms with Gasteiger partial charge in [-0.3, -0.25) is 0 Å². The first-order valence-corrected chi connectivity index (χ1v) is 6.72. The molecular weight excluding hydrogens is 333 g/mol. The first kappa shape index (κ1) is 11.2. The third kappa shape index (κ3) is 3.47.